The fourth-order valence-corrected chi connectivity index (χ4v) is 3.32. The molecule has 1 aliphatic heterocycles. The molecule has 26 heavy (non-hydrogen) atoms. The van der Waals surface area contributed by atoms with Gasteiger partial charge in [-0.1, -0.05) is 69.3 Å². The Morgan fingerprint density at radius 3 is 2.58 bits per heavy atom. The minimum absolute atomic E-state index is 0.209. The van der Waals surface area contributed by atoms with Crippen LogP contribution in [0.5, 0.6) is 5.75 Å². The van der Waals surface area contributed by atoms with Gasteiger partial charge in [0.15, 0.2) is 0 Å². The first kappa shape index (κ1) is 18.7. The fraction of sp³-hybridized carbons (Fsp3) is 0.417. The molecule has 0 atom stereocenters. The average Bonchev–Trinajstić information content (AvgIpc) is 2.61. The summed E-state index contributed by atoms with van der Waals surface area (Å²) in [5.41, 5.74) is 5.51. The fourth-order valence-electron chi connectivity index (χ4n) is 3.32. The normalized spacial score (nSPS) is 14.5. The van der Waals surface area contributed by atoms with Crippen molar-refractivity contribution in [3.63, 3.8) is 0 Å². The molecule has 2 aromatic carbocycles. The van der Waals surface area contributed by atoms with Gasteiger partial charge < -0.3 is 4.74 Å². The number of likely N-dealkylation sites (N-methyl/N-ethyl adjacent to an activating group) is 1. The lowest BCUT2D eigenvalue weighted by molar-refractivity contribution is 0.287. The summed E-state index contributed by atoms with van der Waals surface area (Å²) in [5, 5.41) is 0. The van der Waals surface area contributed by atoms with Gasteiger partial charge in [0.25, 0.3) is 0 Å². The maximum Gasteiger partial charge on any atom is 0.122 e. The molecule has 0 aliphatic carbocycles. The van der Waals surface area contributed by atoms with Gasteiger partial charge in [-0.05, 0) is 53.6 Å². The average molecular weight is 350 g/mol. The van der Waals surface area contributed by atoms with Crippen LogP contribution in [0.4, 0.5) is 0 Å². The van der Waals surface area contributed by atoms with Gasteiger partial charge >= 0.3 is 0 Å². The molecule has 2 nitrogen and oxygen atoms in total. The molecule has 0 saturated heterocycles. The van der Waals surface area contributed by atoms with Crippen molar-refractivity contribution in [2.24, 2.45) is 0 Å². The van der Waals surface area contributed by atoms with Crippen LogP contribution < -0.4 is 4.74 Å². The maximum atomic E-state index is 5.79. The standard InChI is InChI=1S/C24H31NO/c1-24(2,3)22-13-10-19(11-14-22)7-5-15-25(4)18-20-9-12-21-8-6-16-26-23(21)17-20/h5,7,9-14,17H,6,8,15-16,18H2,1-4H3. The van der Waals surface area contributed by atoms with E-state index in [9.17, 15) is 0 Å². The quantitative estimate of drug-likeness (QED) is 0.711. The number of fused-ring (bicyclic) bond motifs is 1. The second-order valence-corrected chi connectivity index (χ2v) is 8.37. The van der Waals surface area contributed by atoms with Crippen molar-refractivity contribution in [1.29, 1.82) is 0 Å². The molecule has 0 N–H and O–H groups in total. The summed E-state index contributed by atoms with van der Waals surface area (Å²) in [6.07, 6.45) is 6.72. The topological polar surface area (TPSA) is 12.5 Å². The molecule has 0 amide bonds. The Bertz CT molecular complexity index is 753. The van der Waals surface area contributed by atoms with Gasteiger partial charge in [-0.15, -0.1) is 0 Å². The van der Waals surface area contributed by atoms with E-state index in [1.807, 2.05) is 0 Å². The number of ether oxygens (including phenoxy) is 1. The SMILES string of the molecule is CN(CC=Cc1ccc(C(C)(C)C)cc1)Cc1ccc2c(c1)OCCC2. The van der Waals surface area contributed by atoms with Gasteiger partial charge in [-0.25, -0.2) is 0 Å². The van der Waals surface area contributed by atoms with Gasteiger partial charge in [-0.2, -0.15) is 0 Å². The van der Waals surface area contributed by atoms with Gasteiger partial charge in [0.2, 0.25) is 0 Å². The third-order valence-electron chi connectivity index (χ3n) is 4.94. The monoisotopic (exact) mass is 349 g/mol. The van der Waals surface area contributed by atoms with Crippen LogP contribution in [0.1, 0.15) is 49.4 Å². The molecule has 2 aromatic rings. The molecule has 0 saturated carbocycles. The molecule has 2 heteroatoms. The zero-order valence-electron chi connectivity index (χ0n) is 16.6. The van der Waals surface area contributed by atoms with Crippen LogP contribution >= 0.6 is 0 Å². The maximum absolute atomic E-state index is 5.79. The lowest BCUT2D eigenvalue weighted by Gasteiger charge is -2.20. The summed E-state index contributed by atoms with van der Waals surface area (Å²) in [4.78, 5) is 2.32. The van der Waals surface area contributed by atoms with Crippen molar-refractivity contribution in [2.45, 2.75) is 45.6 Å². The summed E-state index contributed by atoms with van der Waals surface area (Å²) >= 11 is 0. The predicted molar refractivity (Wildman–Crippen MR) is 111 cm³/mol. The highest BCUT2D eigenvalue weighted by atomic mass is 16.5. The number of hydrogen-bond donors (Lipinski definition) is 0. The largest absolute Gasteiger partial charge is 0.493 e. The third-order valence-corrected chi connectivity index (χ3v) is 4.94. The first-order valence-electron chi connectivity index (χ1n) is 9.62. The molecular weight excluding hydrogens is 318 g/mol. The Morgan fingerprint density at radius 1 is 1.08 bits per heavy atom. The first-order chi connectivity index (χ1) is 12.4. The lowest BCUT2D eigenvalue weighted by atomic mass is 9.87. The van der Waals surface area contributed by atoms with Crippen LogP contribution in [0.2, 0.25) is 0 Å². The minimum atomic E-state index is 0.209. The van der Waals surface area contributed by atoms with Gasteiger partial charge in [-0.3, -0.25) is 4.90 Å². The highest BCUT2D eigenvalue weighted by Gasteiger charge is 2.12. The van der Waals surface area contributed by atoms with Crippen molar-refractivity contribution in [1.82, 2.24) is 4.90 Å². The number of rotatable bonds is 5. The highest BCUT2D eigenvalue weighted by molar-refractivity contribution is 5.50. The van der Waals surface area contributed by atoms with Gasteiger partial charge in [0, 0.05) is 13.1 Å². The summed E-state index contributed by atoms with van der Waals surface area (Å²) in [6, 6.07) is 15.5. The second kappa shape index (κ2) is 8.09. The van der Waals surface area contributed by atoms with E-state index in [-0.39, 0.29) is 5.41 Å². The Balaban J connectivity index is 1.53. The van der Waals surface area contributed by atoms with Crippen LogP contribution in [0, 0.1) is 0 Å². The first-order valence-corrected chi connectivity index (χ1v) is 9.62. The van der Waals surface area contributed by atoms with Crippen molar-refractivity contribution >= 4 is 6.08 Å². The Hall–Kier alpha value is -2.06. The molecule has 138 valence electrons. The van der Waals surface area contributed by atoms with Crippen molar-refractivity contribution in [3.05, 3.63) is 70.8 Å². The molecule has 0 spiro atoms. The van der Waals surface area contributed by atoms with E-state index in [0.29, 0.717) is 0 Å². The molecule has 3 rings (SSSR count). The van der Waals surface area contributed by atoms with E-state index >= 15 is 0 Å². The molecule has 1 heterocycles. The van der Waals surface area contributed by atoms with E-state index in [2.05, 4.69) is 87.3 Å². The van der Waals surface area contributed by atoms with Gasteiger partial charge in [0.05, 0.1) is 6.61 Å². The smallest absolute Gasteiger partial charge is 0.122 e. The number of nitrogens with zero attached hydrogens (tertiary/aromatic N) is 1. The molecule has 0 fully saturated rings. The van der Waals surface area contributed by atoms with E-state index in [1.54, 1.807) is 0 Å². The molecule has 0 radical (unpaired) electrons. The van der Waals surface area contributed by atoms with E-state index < -0.39 is 0 Å². The van der Waals surface area contributed by atoms with Crippen molar-refractivity contribution < 1.29 is 4.74 Å². The van der Waals surface area contributed by atoms with Crippen LogP contribution in [-0.2, 0) is 18.4 Å². The molecule has 1 aliphatic rings. The minimum Gasteiger partial charge on any atom is -0.493 e. The lowest BCUT2D eigenvalue weighted by Crippen LogP contribution is -2.18. The van der Waals surface area contributed by atoms with Crippen LogP contribution in [0.3, 0.4) is 0 Å². The Labute approximate surface area is 158 Å². The summed E-state index contributed by atoms with van der Waals surface area (Å²) in [6.45, 7) is 9.46. The van der Waals surface area contributed by atoms with Gasteiger partial charge in [0.1, 0.15) is 5.75 Å². The zero-order valence-corrected chi connectivity index (χ0v) is 16.6. The molecule has 0 bridgehead atoms. The highest BCUT2D eigenvalue weighted by Crippen LogP contribution is 2.26. The zero-order chi connectivity index (χ0) is 18.6. The van der Waals surface area contributed by atoms with E-state index in [0.717, 1.165) is 38.3 Å². The molecule has 0 unspecified atom stereocenters. The summed E-state index contributed by atoms with van der Waals surface area (Å²) in [7, 11) is 2.16. The van der Waals surface area contributed by atoms with Crippen molar-refractivity contribution in [2.75, 3.05) is 20.2 Å². The Kier molecular flexibility index (Phi) is 5.83. The number of benzene rings is 2. The Morgan fingerprint density at radius 2 is 1.85 bits per heavy atom. The van der Waals surface area contributed by atoms with E-state index in [1.165, 1.54) is 22.3 Å². The van der Waals surface area contributed by atoms with Crippen LogP contribution in [-0.4, -0.2) is 25.1 Å². The number of aryl methyl sites for hydroxylation is 1. The summed E-state index contributed by atoms with van der Waals surface area (Å²) < 4.78 is 5.79. The second-order valence-electron chi connectivity index (χ2n) is 8.37. The number of hydrogen-bond acceptors (Lipinski definition) is 2. The predicted octanol–water partition coefficient (Wildman–Crippen LogP) is 5.45. The molecular formula is C24H31NO. The van der Waals surface area contributed by atoms with Crippen LogP contribution in [0.15, 0.2) is 48.5 Å². The van der Waals surface area contributed by atoms with E-state index in [4.69, 9.17) is 4.74 Å². The van der Waals surface area contributed by atoms with Crippen LogP contribution in [0.25, 0.3) is 6.08 Å². The molecule has 0 aromatic heterocycles. The van der Waals surface area contributed by atoms with Crippen molar-refractivity contribution in [3.8, 4) is 5.75 Å². The third kappa shape index (κ3) is 4.98. The summed E-state index contributed by atoms with van der Waals surface area (Å²) in [5.74, 6) is 1.08.